The fraction of sp³-hybridized carbons (Fsp3) is 1.00. The molecule has 0 heterocycles. The number of nitrogens with two attached hydrogens (primary N) is 1. The van der Waals surface area contributed by atoms with Crippen molar-refractivity contribution in [1.29, 1.82) is 0 Å². The maximum absolute atomic E-state index is 5.39. The zero-order valence-corrected chi connectivity index (χ0v) is 9.36. The summed E-state index contributed by atoms with van der Waals surface area (Å²) in [6, 6.07) is 0. The molecule has 0 saturated carbocycles. The van der Waals surface area contributed by atoms with E-state index in [9.17, 15) is 0 Å². The molecule has 0 amide bonds. The average molecular weight is 206 g/mol. The van der Waals surface area contributed by atoms with Crippen LogP contribution in [0.3, 0.4) is 0 Å². The van der Waals surface area contributed by atoms with Gasteiger partial charge in [-0.05, 0) is 40.2 Å². The minimum atomic E-state index is 0.0525. The molecule has 86 valence electrons. The summed E-state index contributed by atoms with van der Waals surface area (Å²) in [7, 11) is 0. The minimum absolute atomic E-state index is 0.0525. The highest BCUT2D eigenvalue weighted by Crippen LogP contribution is 2.05. The zero-order chi connectivity index (χ0) is 10.8. The van der Waals surface area contributed by atoms with Crippen molar-refractivity contribution >= 4 is 0 Å². The molecule has 0 bridgehead atoms. The summed E-state index contributed by atoms with van der Waals surface area (Å²) in [4.78, 5) is 15.5. The fourth-order valence-electron chi connectivity index (χ4n) is 0.914. The van der Waals surface area contributed by atoms with E-state index in [1.807, 2.05) is 20.8 Å². The maximum Gasteiger partial charge on any atom is 0.0816 e. The molecule has 0 spiro atoms. The van der Waals surface area contributed by atoms with Gasteiger partial charge in [0, 0.05) is 0 Å². The molecule has 5 nitrogen and oxygen atoms in total. The quantitative estimate of drug-likeness (QED) is 0.575. The molecule has 0 saturated heterocycles. The first-order valence-electron chi connectivity index (χ1n) is 5.17. The van der Waals surface area contributed by atoms with Gasteiger partial charge < -0.3 is 5.73 Å². The van der Waals surface area contributed by atoms with Gasteiger partial charge in [-0.2, -0.15) is 0 Å². The molecule has 0 aromatic rings. The van der Waals surface area contributed by atoms with Crippen LogP contribution in [0.15, 0.2) is 0 Å². The monoisotopic (exact) mass is 206 g/mol. The Morgan fingerprint density at radius 3 is 2.21 bits per heavy atom. The van der Waals surface area contributed by atoms with Crippen LogP contribution in [0.5, 0.6) is 0 Å². The Balaban J connectivity index is 3.64. The smallest absolute Gasteiger partial charge is 0.0816 e. The summed E-state index contributed by atoms with van der Waals surface area (Å²) in [6.07, 6.45) is 1.89. The van der Waals surface area contributed by atoms with Gasteiger partial charge in [-0.1, -0.05) is 0 Å². The average Bonchev–Trinajstić information content (AvgIpc) is 2.15. The van der Waals surface area contributed by atoms with Gasteiger partial charge in [-0.15, -0.1) is 0 Å². The van der Waals surface area contributed by atoms with Gasteiger partial charge in [-0.25, -0.2) is 4.84 Å². The van der Waals surface area contributed by atoms with Crippen LogP contribution in [0.1, 0.15) is 33.6 Å². The second-order valence-electron chi connectivity index (χ2n) is 2.91. The second-order valence-corrected chi connectivity index (χ2v) is 2.91. The standard InChI is InChI=1S/C9H22N2O3/c1-4-12-11(13-5-2)14-9(3)7-6-8-10/h9H,4-8,10H2,1-3H3. The maximum atomic E-state index is 5.39. The largest absolute Gasteiger partial charge is 0.330 e. The predicted molar refractivity (Wildman–Crippen MR) is 53.9 cm³/mol. The third-order valence-electron chi connectivity index (χ3n) is 1.55. The Morgan fingerprint density at radius 1 is 1.21 bits per heavy atom. The summed E-state index contributed by atoms with van der Waals surface area (Å²) in [5.41, 5.74) is 5.39. The molecule has 0 radical (unpaired) electrons. The SMILES string of the molecule is CCON(OCC)OC(C)CCCN. The summed E-state index contributed by atoms with van der Waals surface area (Å²) in [5, 5.41) is 1.08. The van der Waals surface area contributed by atoms with Crippen molar-refractivity contribution in [3.05, 3.63) is 0 Å². The molecule has 0 aliphatic heterocycles. The number of hydrogen-bond donors (Lipinski definition) is 1. The van der Waals surface area contributed by atoms with E-state index < -0.39 is 0 Å². The molecular weight excluding hydrogens is 184 g/mol. The van der Waals surface area contributed by atoms with Crippen LogP contribution in [-0.2, 0) is 14.5 Å². The van der Waals surface area contributed by atoms with Gasteiger partial charge >= 0.3 is 0 Å². The minimum Gasteiger partial charge on any atom is -0.330 e. The molecule has 0 aromatic carbocycles. The molecule has 14 heavy (non-hydrogen) atoms. The van der Waals surface area contributed by atoms with E-state index in [2.05, 4.69) is 0 Å². The van der Waals surface area contributed by atoms with E-state index in [1.54, 1.807) is 0 Å². The van der Waals surface area contributed by atoms with Crippen LogP contribution in [0.25, 0.3) is 0 Å². The highest BCUT2D eigenvalue weighted by Gasteiger charge is 2.10. The topological polar surface area (TPSA) is 57.0 Å². The lowest BCUT2D eigenvalue weighted by Crippen LogP contribution is -2.29. The van der Waals surface area contributed by atoms with Crippen molar-refractivity contribution in [1.82, 2.24) is 5.39 Å². The van der Waals surface area contributed by atoms with E-state index in [1.165, 1.54) is 0 Å². The summed E-state index contributed by atoms with van der Waals surface area (Å²) in [6.45, 7) is 7.42. The van der Waals surface area contributed by atoms with Crippen molar-refractivity contribution in [2.24, 2.45) is 5.73 Å². The molecule has 1 atom stereocenters. The third-order valence-corrected chi connectivity index (χ3v) is 1.55. The van der Waals surface area contributed by atoms with Crippen LogP contribution in [0.2, 0.25) is 0 Å². The molecule has 2 N–H and O–H groups in total. The van der Waals surface area contributed by atoms with Gasteiger partial charge in [-0.3, -0.25) is 9.68 Å². The first-order valence-corrected chi connectivity index (χ1v) is 5.17. The predicted octanol–water partition coefficient (Wildman–Crippen LogP) is 1.25. The molecule has 0 fully saturated rings. The normalized spacial score (nSPS) is 13.5. The van der Waals surface area contributed by atoms with E-state index in [4.69, 9.17) is 20.2 Å². The van der Waals surface area contributed by atoms with Crippen molar-refractivity contribution < 1.29 is 14.5 Å². The fourth-order valence-corrected chi connectivity index (χ4v) is 0.914. The lowest BCUT2D eigenvalue weighted by atomic mass is 10.2. The van der Waals surface area contributed by atoms with Crippen molar-refractivity contribution in [3.63, 3.8) is 0 Å². The molecular formula is C9H22N2O3. The van der Waals surface area contributed by atoms with E-state index in [0.29, 0.717) is 19.8 Å². The third kappa shape index (κ3) is 7.23. The van der Waals surface area contributed by atoms with Crippen molar-refractivity contribution in [2.75, 3.05) is 19.8 Å². The Hall–Kier alpha value is -0.200. The van der Waals surface area contributed by atoms with Gasteiger partial charge in [0.15, 0.2) is 0 Å². The van der Waals surface area contributed by atoms with Gasteiger partial charge in [0.1, 0.15) is 0 Å². The van der Waals surface area contributed by atoms with Crippen LogP contribution in [-0.4, -0.2) is 31.3 Å². The number of rotatable bonds is 9. The lowest BCUT2D eigenvalue weighted by Gasteiger charge is -2.21. The van der Waals surface area contributed by atoms with Gasteiger partial charge in [0.2, 0.25) is 0 Å². The number of nitrogens with zero attached hydrogens (tertiary/aromatic N) is 1. The molecule has 0 aliphatic carbocycles. The molecule has 0 aliphatic rings. The van der Waals surface area contributed by atoms with E-state index >= 15 is 0 Å². The van der Waals surface area contributed by atoms with Crippen LogP contribution in [0.4, 0.5) is 0 Å². The highest BCUT2D eigenvalue weighted by atomic mass is 17.2. The summed E-state index contributed by atoms with van der Waals surface area (Å²) < 4.78 is 0. The van der Waals surface area contributed by atoms with Crippen LogP contribution >= 0.6 is 0 Å². The number of hydrogen-bond acceptors (Lipinski definition) is 5. The zero-order valence-electron chi connectivity index (χ0n) is 9.36. The van der Waals surface area contributed by atoms with E-state index in [0.717, 1.165) is 18.2 Å². The molecule has 0 rings (SSSR count). The summed E-state index contributed by atoms with van der Waals surface area (Å²) >= 11 is 0. The Kier molecular flexibility index (Phi) is 9.23. The van der Waals surface area contributed by atoms with Crippen LogP contribution in [0, 0.1) is 0 Å². The molecule has 0 aromatic heterocycles. The highest BCUT2D eigenvalue weighted by molar-refractivity contribution is 4.48. The first kappa shape index (κ1) is 13.8. The van der Waals surface area contributed by atoms with Gasteiger partial charge in [0.05, 0.1) is 24.7 Å². The molecule has 5 heteroatoms. The van der Waals surface area contributed by atoms with Crippen molar-refractivity contribution in [2.45, 2.75) is 39.7 Å². The Bertz CT molecular complexity index is 119. The first-order chi connectivity index (χ1) is 6.74. The van der Waals surface area contributed by atoms with Gasteiger partial charge in [0.25, 0.3) is 0 Å². The molecule has 1 unspecified atom stereocenters. The Labute approximate surface area is 86.0 Å². The van der Waals surface area contributed by atoms with Crippen molar-refractivity contribution in [3.8, 4) is 0 Å². The lowest BCUT2D eigenvalue weighted by molar-refractivity contribution is -0.534. The Morgan fingerprint density at radius 2 is 1.79 bits per heavy atom. The summed E-state index contributed by atoms with van der Waals surface area (Å²) in [5.74, 6) is 0. The van der Waals surface area contributed by atoms with Crippen LogP contribution < -0.4 is 5.73 Å². The second kappa shape index (κ2) is 9.36. The van der Waals surface area contributed by atoms with E-state index in [-0.39, 0.29) is 6.10 Å².